The summed E-state index contributed by atoms with van der Waals surface area (Å²) in [6.45, 7) is 2.07. The first-order valence-electron chi connectivity index (χ1n) is 8.45. The van der Waals surface area contributed by atoms with Crippen LogP contribution in [0.25, 0.3) is 20.7 Å². The zero-order valence-electron chi connectivity index (χ0n) is 14.9. The van der Waals surface area contributed by atoms with Crippen LogP contribution in [0.3, 0.4) is 0 Å². The minimum absolute atomic E-state index is 0.0616. The summed E-state index contributed by atoms with van der Waals surface area (Å²) in [6.07, 6.45) is 0. The molecule has 0 radical (unpaired) electrons. The van der Waals surface area contributed by atoms with Crippen molar-refractivity contribution in [3.8, 4) is 16.2 Å². The van der Waals surface area contributed by atoms with Gasteiger partial charge in [-0.15, -0.1) is 34.4 Å². The van der Waals surface area contributed by atoms with Crippen molar-refractivity contribution in [2.24, 2.45) is 0 Å². The lowest BCUT2D eigenvalue weighted by molar-refractivity contribution is 0.414. The van der Waals surface area contributed by atoms with E-state index in [4.69, 9.17) is 9.72 Å². The third-order valence-corrected chi connectivity index (χ3v) is 7.27. The summed E-state index contributed by atoms with van der Waals surface area (Å²) >= 11 is 4.90. The average Bonchev–Trinajstić information content (AvgIpc) is 3.35. The van der Waals surface area contributed by atoms with E-state index in [1.807, 2.05) is 41.1 Å². The van der Waals surface area contributed by atoms with Crippen molar-refractivity contribution in [3.05, 3.63) is 68.9 Å². The Morgan fingerprint density at radius 1 is 1.26 bits per heavy atom. The Bertz CT molecular complexity index is 1120. The molecule has 0 spiro atoms. The van der Waals surface area contributed by atoms with Crippen molar-refractivity contribution in [2.45, 2.75) is 17.9 Å². The number of aromatic amines is 1. The number of fused-ring (bicyclic) bond motifs is 1. The summed E-state index contributed by atoms with van der Waals surface area (Å²) in [5.74, 6) is 2.40. The van der Waals surface area contributed by atoms with E-state index in [0.717, 1.165) is 32.6 Å². The molecule has 0 aliphatic heterocycles. The molecular weight excluding hydrogens is 396 g/mol. The molecule has 0 aliphatic carbocycles. The lowest BCUT2D eigenvalue weighted by atomic mass is 10.2. The van der Waals surface area contributed by atoms with Crippen LogP contribution in [0.15, 0.2) is 52.0 Å². The molecule has 4 aromatic rings. The molecule has 27 heavy (non-hydrogen) atoms. The molecule has 1 unspecified atom stereocenters. The van der Waals surface area contributed by atoms with E-state index in [0.29, 0.717) is 5.39 Å². The van der Waals surface area contributed by atoms with Crippen molar-refractivity contribution in [3.63, 3.8) is 0 Å². The topological polar surface area (TPSA) is 55.0 Å². The van der Waals surface area contributed by atoms with Gasteiger partial charge in [-0.2, -0.15) is 0 Å². The first-order valence-corrected chi connectivity index (χ1v) is 11.3. The van der Waals surface area contributed by atoms with Crippen LogP contribution in [0.4, 0.5) is 0 Å². The van der Waals surface area contributed by atoms with Crippen LogP contribution in [0, 0.1) is 0 Å². The molecular formula is C20H18N2O2S3. The van der Waals surface area contributed by atoms with Gasteiger partial charge in [0.25, 0.3) is 5.56 Å². The fraction of sp³-hybridized carbons (Fsp3) is 0.200. The van der Waals surface area contributed by atoms with Crippen LogP contribution >= 0.6 is 34.4 Å². The molecule has 0 saturated carbocycles. The summed E-state index contributed by atoms with van der Waals surface area (Å²) in [5.41, 5.74) is 2.10. The number of hydrogen-bond acceptors (Lipinski definition) is 6. The molecule has 3 aromatic heterocycles. The van der Waals surface area contributed by atoms with E-state index in [9.17, 15) is 4.79 Å². The molecule has 1 atom stereocenters. The fourth-order valence-corrected chi connectivity index (χ4v) is 5.49. The number of hydrogen-bond donors (Lipinski definition) is 1. The maximum Gasteiger partial charge on any atom is 0.260 e. The molecule has 3 heterocycles. The Morgan fingerprint density at radius 2 is 2.15 bits per heavy atom. The lowest BCUT2D eigenvalue weighted by Gasteiger charge is -2.11. The van der Waals surface area contributed by atoms with E-state index in [-0.39, 0.29) is 10.8 Å². The second-order valence-electron chi connectivity index (χ2n) is 6.06. The Labute approximate surface area is 169 Å². The molecule has 0 aliphatic rings. The molecule has 0 saturated heterocycles. The van der Waals surface area contributed by atoms with Gasteiger partial charge in [0.1, 0.15) is 16.4 Å². The molecule has 4 rings (SSSR count). The van der Waals surface area contributed by atoms with E-state index in [1.54, 1.807) is 30.2 Å². The molecule has 1 N–H and O–H groups in total. The molecule has 0 amide bonds. The number of H-pyrrole nitrogens is 1. The van der Waals surface area contributed by atoms with Gasteiger partial charge in [0.05, 0.1) is 17.7 Å². The Morgan fingerprint density at radius 3 is 2.93 bits per heavy atom. The van der Waals surface area contributed by atoms with Gasteiger partial charge in [-0.25, -0.2) is 4.98 Å². The first-order chi connectivity index (χ1) is 13.2. The highest BCUT2D eigenvalue weighted by atomic mass is 32.2. The normalized spacial score (nSPS) is 12.4. The van der Waals surface area contributed by atoms with Crippen LogP contribution in [-0.4, -0.2) is 17.1 Å². The van der Waals surface area contributed by atoms with Gasteiger partial charge in [-0.3, -0.25) is 4.79 Å². The van der Waals surface area contributed by atoms with Gasteiger partial charge in [0, 0.05) is 21.6 Å². The predicted octanol–water partition coefficient (Wildman–Crippen LogP) is 5.72. The summed E-state index contributed by atoms with van der Waals surface area (Å²) < 4.78 is 5.28. The Kier molecular flexibility index (Phi) is 5.33. The van der Waals surface area contributed by atoms with Crippen molar-refractivity contribution < 1.29 is 4.74 Å². The SMILES string of the molecule is COc1cccc(CSC(C)c2nc3scc(-c4cccs4)c3c(=O)[nH]2)c1. The molecule has 138 valence electrons. The smallest absolute Gasteiger partial charge is 0.260 e. The number of nitrogens with zero attached hydrogens (tertiary/aromatic N) is 1. The number of rotatable bonds is 6. The van der Waals surface area contributed by atoms with Gasteiger partial charge in [-0.05, 0) is 36.1 Å². The van der Waals surface area contributed by atoms with Gasteiger partial charge in [0.2, 0.25) is 0 Å². The van der Waals surface area contributed by atoms with E-state index in [1.165, 1.54) is 16.9 Å². The van der Waals surface area contributed by atoms with Gasteiger partial charge in [-0.1, -0.05) is 18.2 Å². The zero-order valence-corrected chi connectivity index (χ0v) is 17.3. The maximum atomic E-state index is 12.7. The van der Waals surface area contributed by atoms with E-state index >= 15 is 0 Å². The first kappa shape index (κ1) is 18.3. The van der Waals surface area contributed by atoms with Crippen molar-refractivity contribution >= 4 is 44.7 Å². The van der Waals surface area contributed by atoms with E-state index in [2.05, 4.69) is 18.0 Å². The van der Waals surface area contributed by atoms with Crippen LogP contribution < -0.4 is 10.3 Å². The third kappa shape index (κ3) is 3.81. The second-order valence-corrected chi connectivity index (χ2v) is 9.20. The fourth-order valence-electron chi connectivity index (χ4n) is 2.83. The van der Waals surface area contributed by atoms with Gasteiger partial charge < -0.3 is 9.72 Å². The molecule has 1 aromatic carbocycles. The molecule has 4 nitrogen and oxygen atoms in total. The third-order valence-electron chi connectivity index (χ3n) is 4.27. The number of thiophene rings is 2. The lowest BCUT2D eigenvalue weighted by Crippen LogP contribution is -2.12. The monoisotopic (exact) mass is 414 g/mol. The highest BCUT2D eigenvalue weighted by molar-refractivity contribution is 7.98. The van der Waals surface area contributed by atoms with Crippen LogP contribution in [0.1, 0.15) is 23.6 Å². The van der Waals surface area contributed by atoms with Crippen molar-refractivity contribution in [1.29, 1.82) is 0 Å². The molecule has 7 heteroatoms. The van der Waals surface area contributed by atoms with E-state index < -0.39 is 0 Å². The van der Waals surface area contributed by atoms with Crippen molar-refractivity contribution in [2.75, 3.05) is 7.11 Å². The largest absolute Gasteiger partial charge is 0.497 e. The Hall–Kier alpha value is -2.09. The molecule has 0 bridgehead atoms. The number of aromatic nitrogens is 2. The second kappa shape index (κ2) is 7.88. The highest BCUT2D eigenvalue weighted by Crippen LogP contribution is 2.35. The molecule has 0 fully saturated rings. The number of nitrogens with one attached hydrogen (secondary N) is 1. The van der Waals surface area contributed by atoms with Crippen LogP contribution in [0.5, 0.6) is 5.75 Å². The Balaban J connectivity index is 1.57. The number of ether oxygens (including phenoxy) is 1. The number of benzene rings is 1. The quantitative estimate of drug-likeness (QED) is 0.439. The highest BCUT2D eigenvalue weighted by Gasteiger charge is 2.16. The van der Waals surface area contributed by atoms with Gasteiger partial charge in [0.15, 0.2) is 0 Å². The average molecular weight is 415 g/mol. The minimum atomic E-state index is -0.0616. The standard InChI is InChI=1S/C20H18N2O2S3/c1-12(26-10-13-5-3-6-14(9-13)24-2)18-21-19(23)17-15(11-27-20(17)22-18)16-7-4-8-25-16/h3-9,11-12H,10H2,1-2H3,(H,21,22,23). The predicted molar refractivity (Wildman–Crippen MR) is 116 cm³/mol. The zero-order chi connectivity index (χ0) is 18.8. The summed E-state index contributed by atoms with van der Waals surface area (Å²) in [7, 11) is 1.67. The maximum absolute atomic E-state index is 12.7. The summed E-state index contributed by atoms with van der Waals surface area (Å²) in [5, 5.41) is 4.82. The number of thioether (sulfide) groups is 1. The van der Waals surface area contributed by atoms with Crippen molar-refractivity contribution in [1.82, 2.24) is 9.97 Å². The van der Waals surface area contributed by atoms with Crippen LogP contribution in [-0.2, 0) is 5.75 Å². The van der Waals surface area contributed by atoms with Gasteiger partial charge >= 0.3 is 0 Å². The summed E-state index contributed by atoms with van der Waals surface area (Å²) in [6, 6.07) is 12.1. The number of methoxy groups -OCH3 is 1. The summed E-state index contributed by atoms with van der Waals surface area (Å²) in [4.78, 5) is 22.4. The van der Waals surface area contributed by atoms with Crippen LogP contribution in [0.2, 0.25) is 0 Å². The minimum Gasteiger partial charge on any atom is -0.497 e.